The zero-order valence-corrected chi connectivity index (χ0v) is 13.8. The van der Waals surface area contributed by atoms with Gasteiger partial charge in [-0.2, -0.15) is 13.2 Å². The summed E-state index contributed by atoms with van der Waals surface area (Å²) < 4.78 is 42.0. The molecule has 1 aromatic rings. The summed E-state index contributed by atoms with van der Waals surface area (Å²) in [5.41, 5.74) is 1.98. The molecule has 7 heteroatoms. The lowest BCUT2D eigenvalue weighted by Gasteiger charge is -2.13. The lowest BCUT2D eigenvalue weighted by Crippen LogP contribution is -2.38. The average molecular weight is 331 g/mol. The minimum absolute atomic E-state index is 0.197. The number of benzene rings is 1. The first kappa shape index (κ1) is 19.1. The molecule has 23 heavy (non-hydrogen) atoms. The molecule has 0 unspecified atom stereocenters. The Balaban J connectivity index is 2.64. The number of hydrogen-bond acceptors (Lipinski definition) is 2. The molecule has 0 atom stereocenters. The summed E-state index contributed by atoms with van der Waals surface area (Å²) in [7, 11) is 0. The van der Waals surface area contributed by atoms with Crippen molar-refractivity contribution >= 4 is 5.96 Å². The molecule has 130 valence electrons. The van der Waals surface area contributed by atoms with Crippen molar-refractivity contribution in [3.63, 3.8) is 0 Å². The van der Waals surface area contributed by atoms with Crippen LogP contribution in [0.15, 0.2) is 23.2 Å². The highest BCUT2D eigenvalue weighted by Crippen LogP contribution is 2.20. The Kier molecular flexibility index (Phi) is 7.71. The van der Waals surface area contributed by atoms with Gasteiger partial charge >= 0.3 is 6.18 Å². The molecule has 0 amide bonds. The minimum Gasteiger partial charge on any atom is -0.494 e. The van der Waals surface area contributed by atoms with Gasteiger partial charge in [-0.3, -0.25) is 0 Å². The fourth-order valence-electron chi connectivity index (χ4n) is 1.96. The van der Waals surface area contributed by atoms with Crippen molar-refractivity contribution in [1.82, 2.24) is 10.6 Å². The van der Waals surface area contributed by atoms with Crippen molar-refractivity contribution in [1.29, 1.82) is 0 Å². The van der Waals surface area contributed by atoms with E-state index in [0.717, 1.165) is 16.9 Å². The number of alkyl halides is 3. The Labute approximate surface area is 135 Å². The van der Waals surface area contributed by atoms with Gasteiger partial charge in [0.05, 0.1) is 19.6 Å². The van der Waals surface area contributed by atoms with Gasteiger partial charge in [0.15, 0.2) is 5.96 Å². The zero-order chi connectivity index (χ0) is 17.3. The van der Waals surface area contributed by atoms with Crippen LogP contribution in [0.2, 0.25) is 0 Å². The highest BCUT2D eigenvalue weighted by atomic mass is 19.4. The molecule has 1 aromatic carbocycles. The molecule has 2 N–H and O–H groups in total. The van der Waals surface area contributed by atoms with E-state index in [4.69, 9.17) is 4.74 Å². The molecule has 0 radical (unpaired) electrons. The zero-order valence-electron chi connectivity index (χ0n) is 13.8. The Morgan fingerprint density at radius 2 is 1.96 bits per heavy atom. The molecule has 0 aliphatic rings. The van der Waals surface area contributed by atoms with Crippen molar-refractivity contribution in [2.45, 2.75) is 39.9 Å². The Morgan fingerprint density at radius 1 is 1.22 bits per heavy atom. The van der Waals surface area contributed by atoms with Crippen molar-refractivity contribution in [3.8, 4) is 5.75 Å². The third-order valence-corrected chi connectivity index (χ3v) is 3.00. The van der Waals surface area contributed by atoms with Crippen LogP contribution in [-0.4, -0.2) is 31.8 Å². The fraction of sp³-hybridized carbons (Fsp3) is 0.562. The van der Waals surface area contributed by atoms with Gasteiger partial charge < -0.3 is 15.4 Å². The predicted molar refractivity (Wildman–Crippen MR) is 85.8 cm³/mol. The molecule has 4 nitrogen and oxygen atoms in total. The van der Waals surface area contributed by atoms with Gasteiger partial charge in [-0.15, -0.1) is 0 Å². The van der Waals surface area contributed by atoms with E-state index in [1.165, 1.54) is 0 Å². The largest absolute Gasteiger partial charge is 0.494 e. The number of nitrogens with zero attached hydrogens (tertiary/aromatic N) is 1. The maximum Gasteiger partial charge on any atom is 0.390 e. The molecular formula is C16H24F3N3O. The first-order valence-corrected chi connectivity index (χ1v) is 7.67. The summed E-state index contributed by atoms with van der Waals surface area (Å²) in [4.78, 5) is 4.31. The van der Waals surface area contributed by atoms with Gasteiger partial charge in [0.1, 0.15) is 5.75 Å². The van der Waals surface area contributed by atoms with Crippen LogP contribution in [0.5, 0.6) is 5.75 Å². The predicted octanol–water partition coefficient (Wildman–Crippen LogP) is 3.40. The standard InChI is InChI=1S/C16H24F3N3O/c1-4-20-15(21-9-8-16(17,18)19)22-11-13-6-7-14(23-5-2)12(3)10-13/h6-7,10H,4-5,8-9,11H2,1-3H3,(H2,20,21,22). The smallest absolute Gasteiger partial charge is 0.390 e. The molecule has 0 spiro atoms. The number of halogens is 3. The topological polar surface area (TPSA) is 45.7 Å². The Bertz CT molecular complexity index is 516. The van der Waals surface area contributed by atoms with E-state index in [9.17, 15) is 13.2 Å². The van der Waals surface area contributed by atoms with Crippen LogP contribution in [0.25, 0.3) is 0 Å². The Hall–Kier alpha value is -1.92. The third-order valence-electron chi connectivity index (χ3n) is 3.00. The van der Waals surface area contributed by atoms with Crippen LogP contribution in [0.4, 0.5) is 13.2 Å². The van der Waals surface area contributed by atoms with Crippen LogP contribution in [0, 0.1) is 6.92 Å². The molecule has 0 fully saturated rings. The summed E-state index contributed by atoms with van der Waals surface area (Å²) in [5.74, 6) is 1.21. The van der Waals surface area contributed by atoms with Crippen molar-refractivity contribution in [3.05, 3.63) is 29.3 Å². The van der Waals surface area contributed by atoms with Gasteiger partial charge in [-0.05, 0) is 38.0 Å². The lowest BCUT2D eigenvalue weighted by atomic mass is 10.1. The van der Waals surface area contributed by atoms with E-state index >= 15 is 0 Å². The van der Waals surface area contributed by atoms with Gasteiger partial charge in [0.25, 0.3) is 0 Å². The van der Waals surface area contributed by atoms with Gasteiger partial charge in [-0.25, -0.2) is 4.99 Å². The molecule has 1 rings (SSSR count). The van der Waals surface area contributed by atoms with E-state index in [0.29, 0.717) is 25.7 Å². The number of aryl methyl sites for hydroxylation is 1. The second-order valence-electron chi connectivity index (χ2n) is 5.02. The fourth-order valence-corrected chi connectivity index (χ4v) is 1.96. The second-order valence-corrected chi connectivity index (χ2v) is 5.02. The molecular weight excluding hydrogens is 307 g/mol. The molecule has 0 aliphatic heterocycles. The highest BCUT2D eigenvalue weighted by Gasteiger charge is 2.26. The number of nitrogens with one attached hydrogen (secondary N) is 2. The number of hydrogen-bond donors (Lipinski definition) is 2. The van der Waals surface area contributed by atoms with Crippen LogP contribution in [0.1, 0.15) is 31.4 Å². The lowest BCUT2D eigenvalue weighted by molar-refractivity contribution is -0.132. The van der Waals surface area contributed by atoms with Crippen molar-refractivity contribution in [2.75, 3.05) is 19.7 Å². The maximum atomic E-state index is 12.2. The summed E-state index contributed by atoms with van der Waals surface area (Å²) in [5, 5.41) is 5.62. The molecule has 0 aromatic heterocycles. The average Bonchev–Trinajstić information content (AvgIpc) is 2.46. The molecule has 0 bridgehead atoms. The molecule has 0 saturated heterocycles. The van der Waals surface area contributed by atoms with Gasteiger partial charge in [0, 0.05) is 13.1 Å². The Morgan fingerprint density at radius 3 is 2.52 bits per heavy atom. The molecule has 0 saturated carbocycles. The number of aliphatic imine (C=N–C) groups is 1. The van der Waals surface area contributed by atoms with E-state index in [1.54, 1.807) is 0 Å². The summed E-state index contributed by atoms with van der Waals surface area (Å²) >= 11 is 0. The first-order valence-electron chi connectivity index (χ1n) is 7.67. The normalized spacial score (nSPS) is 12.2. The van der Waals surface area contributed by atoms with Crippen LogP contribution >= 0.6 is 0 Å². The number of ether oxygens (including phenoxy) is 1. The quantitative estimate of drug-likeness (QED) is 0.595. The summed E-state index contributed by atoms with van der Waals surface area (Å²) in [6.45, 7) is 7.11. The van der Waals surface area contributed by atoms with E-state index < -0.39 is 12.6 Å². The minimum atomic E-state index is -4.17. The van der Waals surface area contributed by atoms with Crippen molar-refractivity contribution < 1.29 is 17.9 Å². The van der Waals surface area contributed by atoms with E-state index in [2.05, 4.69) is 15.6 Å². The summed E-state index contributed by atoms with van der Waals surface area (Å²) in [6, 6.07) is 5.75. The van der Waals surface area contributed by atoms with Gasteiger partial charge in [0.2, 0.25) is 0 Å². The maximum absolute atomic E-state index is 12.2. The first-order chi connectivity index (χ1) is 10.9. The van der Waals surface area contributed by atoms with E-state index in [1.807, 2.05) is 39.0 Å². The number of guanidine groups is 1. The number of rotatable bonds is 7. The SMILES string of the molecule is CCNC(=NCc1ccc(OCC)c(C)c1)NCCC(F)(F)F. The van der Waals surface area contributed by atoms with Crippen LogP contribution < -0.4 is 15.4 Å². The summed E-state index contributed by atoms with van der Waals surface area (Å²) in [6.07, 6.45) is -5.06. The molecule has 0 heterocycles. The van der Waals surface area contributed by atoms with E-state index in [-0.39, 0.29) is 6.54 Å². The van der Waals surface area contributed by atoms with Crippen LogP contribution in [-0.2, 0) is 6.54 Å². The monoisotopic (exact) mass is 331 g/mol. The van der Waals surface area contributed by atoms with Crippen molar-refractivity contribution in [2.24, 2.45) is 4.99 Å². The van der Waals surface area contributed by atoms with Crippen LogP contribution in [0.3, 0.4) is 0 Å². The highest BCUT2D eigenvalue weighted by molar-refractivity contribution is 5.79. The van der Waals surface area contributed by atoms with Gasteiger partial charge in [-0.1, -0.05) is 12.1 Å². The third kappa shape index (κ3) is 7.76. The second kappa shape index (κ2) is 9.27. The molecule has 0 aliphatic carbocycles.